The molecule has 0 radical (unpaired) electrons. The van der Waals surface area contributed by atoms with Crippen LogP contribution in [0, 0.1) is 0 Å². The third-order valence-corrected chi connectivity index (χ3v) is 6.61. The van der Waals surface area contributed by atoms with Gasteiger partial charge in [0.2, 0.25) is 5.91 Å². The van der Waals surface area contributed by atoms with Crippen molar-refractivity contribution in [3.05, 3.63) is 76.9 Å². The van der Waals surface area contributed by atoms with Crippen LogP contribution in [-0.4, -0.2) is 28.6 Å². The minimum absolute atomic E-state index is 0.231. The molecule has 0 spiro atoms. The van der Waals surface area contributed by atoms with Crippen LogP contribution in [-0.2, 0) is 4.79 Å². The average Bonchev–Trinajstić information content (AvgIpc) is 2.93. The number of nitrogens with one attached hydrogen (secondary N) is 1. The molecule has 3 rings (SSSR count). The molecule has 0 fully saturated rings. The second kappa shape index (κ2) is 17.5. The summed E-state index contributed by atoms with van der Waals surface area (Å²) in [5.41, 5.74) is 8.33. The molecular formula is C29H37ClFN3O2S. The van der Waals surface area contributed by atoms with Gasteiger partial charge in [-0.25, -0.2) is 4.39 Å². The Balaban J connectivity index is 0.00000163. The molecule has 1 aliphatic rings. The van der Waals surface area contributed by atoms with E-state index in [2.05, 4.69) is 22.5 Å². The number of carbonyl (C=O) groups excluding carboxylic acids is 2. The number of hydrogen-bond acceptors (Lipinski definition) is 4. The smallest absolute Gasteiger partial charge is 0.253 e. The number of primary amides is 1. The van der Waals surface area contributed by atoms with Gasteiger partial charge in [-0.2, -0.15) is 0 Å². The normalized spacial score (nSPS) is 14.4. The number of nitrogens with zero attached hydrogens (tertiary/aromatic N) is 1. The second-order valence-corrected chi connectivity index (χ2v) is 9.15. The fraction of sp³-hybridized carbons (Fsp3) is 0.345. The van der Waals surface area contributed by atoms with Crippen molar-refractivity contribution in [3.8, 4) is 11.1 Å². The Labute approximate surface area is 229 Å². The van der Waals surface area contributed by atoms with Gasteiger partial charge in [0, 0.05) is 33.1 Å². The zero-order valence-electron chi connectivity index (χ0n) is 22.2. The first-order chi connectivity index (χ1) is 17.9. The van der Waals surface area contributed by atoms with E-state index in [1.54, 1.807) is 30.9 Å². The van der Waals surface area contributed by atoms with Gasteiger partial charge in [-0.05, 0) is 42.5 Å². The Morgan fingerprint density at radius 2 is 1.95 bits per heavy atom. The molecule has 8 heteroatoms. The maximum atomic E-state index is 13.4. The van der Waals surface area contributed by atoms with Gasteiger partial charge in [-0.15, -0.1) is 11.8 Å². The van der Waals surface area contributed by atoms with Crippen molar-refractivity contribution in [1.29, 1.82) is 0 Å². The summed E-state index contributed by atoms with van der Waals surface area (Å²) in [7, 11) is 0. The summed E-state index contributed by atoms with van der Waals surface area (Å²) < 4.78 is 13.4. The fourth-order valence-electron chi connectivity index (χ4n) is 3.28. The van der Waals surface area contributed by atoms with Crippen LogP contribution < -0.4 is 11.1 Å². The van der Waals surface area contributed by atoms with E-state index < -0.39 is 11.8 Å². The molecule has 3 N–H and O–H groups in total. The van der Waals surface area contributed by atoms with Crippen molar-refractivity contribution in [2.45, 2.75) is 64.0 Å². The molecule has 37 heavy (non-hydrogen) atoms. The molecule has 0 saturated carbocycles. The van der Waals surface area contributed by atoms with Crippen LogP contribution in [0.3, 0.4) is 0 Å². The van der Waals surface area contributed by atoms with E-state index in [4.69, 9.17) is 17.3 Å². The SMILES string of the molecule is CC.CC.CC/C(F)=C\C(Cl)=C/CCC1C=Cc2cccc(-c3cncc(C(=O)NCC(N)=O)c3)c2S1. The standard InChI is InChI=1S/C25H25ClFN3O2S.2C2H6/c1-2-20(27)12-19(26)6-4-7-21-10-9-16-5-3-8-22(24(16)33-21)17-11-18(14-29-13-17)25(32)30-15-23(28)31;2*1-2/h3,5-6,8-14,21H,2,4,7,15H2,1H3,(H2,28,31)(H,30,32);2*1-2H3/b19-6+,20-12+;;. The molecule has 0 aliphatic carbocycles. The summed E-state index contributed by atoms with van der Waals surface area (Å²) in [5, 5.41) is 3.13. The van der Waals surface area contributed by atoms with Crippen molar-refractivity contribution in [3.63, 3.8) is 0 Å². The predicted octanol–water partition coefficient (Wildman–Crippen LogP) is 7.67. The Bertz CT molecular complexity index is 1130. The van der Waals surface area contributed by atoms with Gasteiger partial charge < -0.3 is 11.1 Å². The highest BCUT2D eigenvalue weighted by Crippen LogP contribution is 2.41. The van der Waals surface area contributed by atoms with E-state index in [-0.39, 0.29) is 17.6 Å². The third kappa shape index (κ3) is 10.5. The molecule has 2 aromatic rings. The van der Waals surface area contributed by atoms with E-state index in [9.17, 15) is 14.0 Å². The molecule has 0 saturated heterocycles. The maximum absolute atomic E-state index is 13.4. The van der Waals surface area contributed by atoms with Gasteiger partial charge >= 0.3 is 0 Å². The van der Waals surface area contributed by atoms with E-state index in [0.29, 0.717) is 17.0 Å². The van der Waals surface area contributed by atoms with Crippen LogP contribution in [0.5, 0.6) is 0 Å². The summed E-state index contributed by atoms with van der Waals surface area (Å²) in [4.78, 5) is 28.6. The van der Waals surface area contributed by atoms with Crippen molar-refractivity contribution >= 4 is 41.3 Å². The summed E-state index contributed by atoms with van der Waals surface area (Å²) in [5.74, 6) is -1.25. The fourth-order valence-corrected chi connectivity index (χ4v) is 4.81. The van der Waals surface area contributed by atoms with Crippen molar-refractivity contribution < 1.29 is 14.0 Å². The van der Waals surface area contributed by atoms with E-state index in [1.807, 2.05) is 52.0 Å². The zero-order chi connectivity index (χ0) is 27.8. The molecule has 5 nitrogen and oxygen atoms in total. The van der Waals surface area contributed by atoms with Crippen molar-refractivity contribution in [2.24, 2.45) is 5.73 Å². The molecule has 2 heterocycles. The Morgan fingerprint density at radius 1 is 1.22 bits per heavy atom. The highest BCUT2D eigenvalue weighted by atomic mass is 35.5. The number of allylic oxidation sites excluding steroid dienone is 4. The minimum atomic E-state index is -0.610. The quantitative estimate of drug-likeness (QED) is 0.316. The topological polar surface area (TPSA) is 85.1 Å². The van der Waals surface area contributed by atoms with Gasteiger partial charge in [-0.3, -0.25) is 14.6 Å². The molecule has 2 amide bonds. The number of rotatable bonds is 9. The first-order valence-corrected chi connectivity index (χ1v) is 13.8. The monoisotopic (exact) mass is 545 g/mol. The number of benzene rings is 1. The number of amides is 2. The highest BCUT2D eigenvalue weighted by Gasteiger charge is 2.19. The first-order valence-electron chi connectivity index (χ1n) is 12.6. The number of halogens is 2. The van der Waals surface area contributed by atoms with Crippen molar-refractivity contribution in [2.75, 3.05) is 6.54 Å². The number of fused-ring (bicyclic) bond motifs is 1. The number of aromatic nitrogens is 1. The summed E-state index contributed by atoms with van der Waals surface area (Å²) in [6, 6.07) is 7.77. The minimum Gasteiger partial charge on any atom is -0.368 e. The van der Waals surface area contributed by atoms with Gasteiger partial charge in [0.05, 0.1) is 12.1 Å². The molecule has 1 aromatic carbocycles. The number of hydrogen-bond donors (Lipinski definition) is 2. The molecule has 1 unspecified atom stereocenters. The van der Waals surface area contributed by atoms with Crippen LogP contribution in [0.1, 0.15) is 69.8 Å². The Kier molecular flexibility index (Phi) is 15.2. The molecular weight excluding hydrogens is 509 g/mol. The molecule has 1 aliphatic heterocycles. The largest absolute Gasteiger partial charge is 0.368 e. The van der Waals surface area contributed by atoms with Gasteiger partial charge in [-0.1, -0.05) is 82.6 Å². The molecule has 0 bridgehead atoms. The summed E-state index contributed by atoms with van der Waals surface area (Å²) >= 11 is 7.83. The summed E-state index contributed by atoms with van der Waals surface area (Å²) in [6.07, 6.45) is 12.5. The molecule has 1 aromatic heterocycles. The lowest BCUT2D eigenvalue weighted by Gasteiger charge is -2.21. The highest BCUT2D eigenvalue weighted by molar-refractivity contribution is 8.00. The Morgan fingerprint density at radius 3 is 2.62 bits per heavy atom. The second-order valence-electron chi connectivity index (χ2n) is 7.46. The number of pyridine rings is 1. The van der Waals surface area contributed by atoms with E-state index in [0.717, 1.165) is 34.4 Å². The Hall–Kier alpha value is -2.90. The lowest BCUT2D eigenvalue weighted by molar-refractivity contribution is -0.117. The van der Waals surface area contributed by atoms with Crippen LogP contribution in [0.4, 0.5) is 4.39 Å². The lowest BCUT2D eigenvalue weighted by atomic mass is 10.0. The number of nitrogens with two attached hydrogens (primary N) is 1. The summed E-state index contributed by atoms with van der Waals surface area (Å²) in [6.45, 7) is 9.51. The molecule has 200 valence electrons. The molecule has 1 atom stereocenters. The third-order valence-electron chi connectivity index (χ3n) is 4.96. The first kappa shape index (κ1) is 32.1. The van der Waals surface area contributed by atoms with Crippen LogP contribution in [0.15, 0.2) is 70.6 Å². The van der Waals surface area contributed by atoms with Crippen LogP contribution >= 0.6 is 23.4 Å². The average molecular weight is 546 g/mol. The van der Waals surface area contributed by atoms with Crippen LogP contribution in [0.2, 0.25) is 0 Å². The van der Waals surface area contributed by atoms with Gasteiger partial charge in [0.1, 0.15) is 5.83 Å². The van der Waals surface area contributed by atoms with Gasteiger partial charge in [0.25, 0.3) is 5.91 Å². The predicted molar refractivity (Wildman–Crippen MR) is 155 cm³/mol. The zero-order valence-corrected chi connectivity index (χ0v) is 23.8. The lowest BCUT2D eigenvalue weighted by Crippen LogP contribution is -2.33. The number of carbonyl (C=O) groups is 2. The van der Waals surface area contributed by atoms with Crippen molar-refractivity contribution in [1.82, 2.24) is 10.3 Å². The van der Waals surface area contributed by atoms with E-state index in [1.165, 1.54) is 12.3 Å². The number of thioether (sulfide) groups is 1. The maximum Gasteiger partial charge on any atom is 0.253 e. The van der Waals surface area contributed by atoms with E-state index >= 15 is 0 Å². The van der Waals surface area contributed by atoms with Gasteiger partial charge in [0.15, 0.2) is 0 Å². The van der Waals surface area contributed by atoms with Crippen LogP contribution in [0.25, 0.3) is 17.2 Å².